The first-order valence-electron chi connectivity index (χ1n) is 5.88. The van der Waals surface area contributed by atoms with E-state index in [2.05, 4.69) is 0 Å². The van der Waals surface area contributed by atoms with Crippen LogP contribution in [0, 0.1) is 0 Å². The maximum Gasteiger partial charge on any atom is 0.304 e. The van der Waals surface area contributed by atoms with Crippen molar-refractivity contribution in [3.8, 4) is 0 Å². The highest BCUT2D eigenvalue weighted by Crippen LogP contribution is 2.38. The van der Waals surface area contributed by atoms with E-state index in [9.17, 15) is 9.59 Å². The van der Waals surface area contributed by atoms with Gasteiger partial charge in [0.15, 0.2) is 0 Å². The SMILES string of the molecule is C[C@@H](N)C(=O)N1CC(CC(=O)O)c2ccccc21. The van der Waals surface area contributed by atoms with E-state index in [1.165, 1.54) is 0 Å². The summed E-state index contributed by atoms with van der Waals surface area (Å²) in [5, 5.41) is 8.91. The molecule has 1 aliphatic heterocycles. The van der Waals surface area contributed by atoms with Crippen molar-refractivity contribution in [1.29, 1.82) is 0 Å². The number of para-hydroxylation sites is 1. The minimum absolute atomic E-state index is 0.0275. The smallest absolute Gasteiger partial charge is 0.304 e. The Hall–Kier alpha value is -1.88. The molecule has 0 bridgehead atoms. The minimum atomic E-state index is -0.857. The molecule has 1 aromatic carbocycles. The molecular weight excluding hydrogens is 232 g/mol. The molecule has 0 fully saturated rings. The van der Waals surface area contributed by atoms with Crippen LogP contribution in [0.1, 0.15) is 24.8 Å². The van der Waals surface area contributed by atoms with Gasteiger partial charge in [-0.2, -0.15) is 0 Å². The van der Waals surface area contributed by atoms with Gasteiger partial charge in [0, 0.05) is 18.2 Å². The second-order valence-electron chi connectivity index (χ2n) is 4.59. The van der Waals surface area contributed by atoms with Crippen molar-refractivity contribution in [2.24, 2.45) is 5.73 Å². The Balaban J connectivity index is 2.33. The van der Waals surface area contributed by atoms with Crippen LogP contribution in [0.4, 0.5) is 5.69 Å². The molecule has 1 heterocycles. The molecule has 5 nitrogen and oxygen atoms in total. The molecule has 3 N–H and O–H groups in total. The number of carboxylic acid groups (broad SMARTS) is 1. The average molecular weight is 248 g/mol. The maximum absolute atomic E-state index is 12.0. The summed E-state index contributed by atoms with van der Waals surface area (Å²) in [6.07, 6.45) is 0.0275. The van der Waals surface area contributed by atoms with E-state index in [-0.39, 0.29) is 18.2 Å². The van der Waals surface area contributed by atoms with Crippen LogP contribution in [0.3, 0.4) is 0 Å². The van der Waals surface area contributed by atoms with Crippen LogP contribution in [0.25, 0.3) is 0 Å². The zero-order chi connectivity index (χ0) is 13.3. The Morgan fingerprint density at radius 1 is 1.50 bits per heavy atom. The van der Waals surface area contributed by atoms with Crippen LogP contribution in [0.2, 0.25) is 0 Å². The zero-order valence-corrected chi connectivity index (χ0v) is 10.2. The van der Waals surface area contributed by atoms with Crippen LogP contribution in [-0.2, 0) is 9.59 Å². The monoisotopic (exact) mass is 248 g/mol. The number of anilines is 1. The number of rotatable bonds is 3. The Labute approximate surface area is 105 Å². The molecule has 1 unspecified atom stereocenters. The van der Waals surface area contributed by atoms with Crippen molar-refractivity contribution in [1.82, 2.24) is 0 Å². The number of carbonyl (C=O) groups is 2. The van der Waals surface area contributed by atoms with E-state index in [0.717, 1.165) is 11.3 Å². The molecule has 2 rings (SSSR count). The summed E-state index contributed by atoms with van der Waals surface area (Å²) in [6.45, 7) is 2.03. The van der Waals surface area contributed by atoms with Gasteiger partial charge in [-0.25, -0.2) is 0 Å². The summed E-state index contributed by atoms with van der Waals surface area (Å²) in [5.74, 6) is -1.18. The lowest BCUT2D eigenvalue weighted by Gasteiger charge is -2.19. The molecule has 1 aliphatic rings. The van der Waals surface area contributed by atoms with E-state index in [4.69, 9.17) is 10.8 Å². The number of carboxylic acids is 1. The van der Waals surface area contributed by atoms with Crippen LogP contribution < -0.4 is 10.6 Å². The summed E-state index contributed by atoms with van der Waals surface area (Å²) in [7, 11) is 0. The van der Waals surface area contributed by atoms with Crippen molar-refractivity contribution in [3.05, 3.63) is 29.8 Å². The van der Waals surface area contributed by atoms with Crippen LogP contribution in [0.5, 0.6) is 0 Å². The predicted molar refractivity (Wildman–Crippen MR) is 67.4 cm³/mol. The number of amides is 1. The van der Waals surface area contributed by atoms with Gasteiger partial charge in [0.2, 0.25) is 5.91 Å². The molecule has 0 aliphatic carbocycles. The lowest BCUT2D eigenvalue weighted by molar-refractivity contribution is -0.137. The number of carbonyl (C=O) groups excluding carboxylic acids is 1. The van der Waals surface area contributed by atoms with Gasteiger partial charge < -0.3 is 15.7 Å². The fourth-order valence-electron chi connectivity index (χ4n) is 2.34. The summed E-state index contributed by atoms with van der Waals surface area (Å²) in [6, 6.07) is 6.81. The Morgan fingerprint density at radius 3 is 2.78 bits per heavy atom. The fraction of sp³-hybridized carbons (Fsp3) is 0.385. The van der Waals surface area contributed by atoms with Gasteiger partial charge in [-0.1, -0.05) is 18.2 Å². The topological polar surface area (TPSA) is 83.6 Å². The van der Waals surface area contributed by atoms with Crippen LogP contribution >= 0.6 is 0 Å². The van der Waals surface area contributed by atoms with E-state index >= 15 is 0 Å². The maximum atomic E-state index is 12.0. The second-order valence-corrected chi connectivity index (χ2v) is 4.59. The van der Waals surface area contributed by atoms with Gasteiger partial charge >= 0.3 is 5.97 Å². The molecule has 96 valence electrons. The molecule has 18 heavy (non-hydrogen) atoms. The Bertz CT molecular complexity index is 485. The molecule has 0 radical (unpaired) electrons. The van der Waals surface area contributed by atoms with Gasteiger partial charge in [-0.15, -0.1) is 0 Å². The van der Waals surface area contributed by atoms with Gasteiger partial charge in [-0.05, 0) is 18.6 Å². The van der Waals surface area contributed by atoms with Crippen molar-refractivity contribution in [2.75, 3.05) is 11.4 Å². The van der Waals surface area contributed by atoms with Crippen molar-refractivity contribution in [3.63, 3.8) is 0 Å². The third kappa shape index (κ3) is 2.22. The molecule has 2 atom stereocenters. The highest BCUT2D eigenvalue weighted by atomic mass is 16.4. The molecule has 0 saturated heterocycles. The van der Waals surface area contributed by atoms with E-state index in [1.54, 1.807) is 11.8 Å². The largest absolute Gasteiger partial charge is 0.481 e. The van der Waals surface area contributed by atoms with Gasteiger partial charge in [0.25, 0.3) is 0 Å². The number of nitrogens with zero attached hydrogens (tertiary/aromatic N) is 1. The normalized spacial score (nSPS) is 19.4. The molecule has 1 amide bonds. The third-order valence-corrected chi connectivity index (χ3v) is 3.15. The summed E-state index contributed by atoms with van der Waals surface area (Å²) >= 11 is 0. The molecule has 0 spiro atoms. The quantitative estimate of drug-likeness (QED) is 0.833. The molecular formula is C13H16N2O3. The molecule has 0 aromatic heterocycles. The lowest BCUT2D eigenvalue weighted by atomic mass is 9.98. The van der Waals surface area contributed by atoms with Crippen molar-refractivity contribution >= 4 is 17.6 Å². The van der Waals surface area contributed by atoms with Crippen molar-refractivity contribution < 1.29 is 14.7 Å². The number of hydrogen-bond donors (Lipinski definition) is 2. The second kappa shape index (κ2) is 4.78. The number of nitrogens with two attached hydrogens (primary N) is 1. The number of fused-ring (bicyclic) bond motifs is 1. The molecule has 1 aromatic rings. The Kier molecular flexibility index (Phi) is 3.34. The van der Waals surface area contributed by atoms with Gasteiger partial charge in [0.05, 0.1) is 12.5 Å². The number of hydrogen-bond acceptors (Lipinski definition) is 3. The number of aliphatic carboxylic acids is 1. The highest BCUT2D eigenvalue weighted by molar-refractivity contribution is 5.99. The minimum Gasteiger partial charge on any atom is -0.481 e. The van der Waals surface area contributed by atoms with E-state index in [1.807, 2.05) is 24.3 Å². The summed E-state index contributed by atoms with van der Waals surface area (Å²) < 4.78 is 0. The number of benzene rings is 1. The van der Waals surface area contributed by atoms with Gasteiger partial charge in [0.1, 0.15) is 0 Å². The van der Waals surface area contributed by atoms with Crippen LogP contribution in [-0.4, -0.2) is 29.6 Å². The summed E-state index contributed by atoms with van der Waals surface area (Å²) in [4.78, 5) is 24.4. The van der Waals surface area contributed by atoms with E-state index < -0.39 is 12.0 Å². The fourth-order valence-corrected chi connectivity index (χ4v) is 2.34. The van der Waals surface area contributed by atoms with E-state index in [0.29, 0.717) is 6.54 Å². The van der Waals surface area contributed by atoms with Crippen molar-refractivity contribution in [2.45, 2.75) is 25.3 Å². The average Bonchev–Trinajstić information content (AvgIpc) is 2.67. The standard InChI is InChI=1S/C13H16N2O3/c1-8(14)13(18)15-7-9(6-12(16)17)10-4-2-3-5-11(10)15/h2-5,8-9H,6-7,14H2,1H3,(H,16,17)/t8-,9?/m1/s1. The highest BCUT2D eigenvalue weighted by Gasteiger charge is 2.34. The van der Waals surface area contributed by atoms with Crippen LogP contribution in [0.15, 0.2) is 24.3 Å². The molecule has 0 saturated carbocycles. The first kappa shape index (κ1) is 12.6. The first-order chi connectivity index (χ1) is 8.50. The third-order valence-electron chi connectivity index (χ3n) is 3.15. The Morgan fingerprint density at radius 2 is 2.17 bits per heavy atom. The molecule has 5 heteroatoms. The first-order valence-corrected chi connectivity index (χ1v) is 5.88. The predicted octanol–water partition coefficient (Wildman–Crippen LogP) is 0.939. The lowest BCUT2D eigenvalue weighted by Crippen LogP contribution is -2.41. The van der Waals surface area contributed by atoms with Gasteiger partial charge in [-0.3, -0.25) is 9.59 Å². The zero-order valence-electron chi connectivity index (χ0n) is 10.2. The summed E-state index contributed by atoms with van der Waals surface area (Å²) in [5.41, 5.74) is 7.31.